The zero-order valence-electron chi connectivity index (χ0n) is 11.8. The largest absolute Gasteiger partial charge is 0.496 e. The minimum Gasteiger partial charge on any atom is -0.496 e. The van der Waals surface area contributed by atoms with Crippen LogP contribution in [0.5, 0.6) is 5.75 Å². The average Bonchev–Trinajstić information content (AvgIpc) is 2.37. The molecule has 0 aliphatic rings. The van der Waals surface area contributed by atoms with Gasteiger partial charge in [0.25, 0.3) is 0 Å². The Morgan fingerprint density at radius 3 is 2.68 bits per heavy atom. The molecule has 0 aromatic heterocycles. The van der Waals surface area contributed by atoms with E-state index in [-0.39, 0.29) is 5.56 Å². The summed E-state index contributed by atoms with van der Waals surface area (Å²) in [5, 5.41) is 8.96. The Hall–Kier alpha value is -1.55. The maximum absolute atomic E-state index is 10.9. The maximum atomic E-state index is 10.9. The van der Waals surface area contributed by atoms with Crippen molar-refractivity contribution in [3.8, 4) is 5.75 Å². The molecule has 0 amide bonds. The molecule has 0 heterocycles. The van der Waals surface area contributed by atoms with Crippen molar-refractivity contribution in [3.63, 3.8) is 0 Å². The Morgan fingerprint density at radius 2 is 2.11 bits per heavy atom. The summed E-state index contributed by atoms with van der Waals surface area (Å²) in [6.45, 7) is 5.42. The number of rotatable bonds is 8. The first-order chi connectivity index (χ1) is 9.04. The molecular weight excluding hydrogens is 244 g/mol. The van der Waals surface area contributed by atoms with Crippen molar-refractivity contribution < 1.29 is 19.4 Å². The Morgan fingerprint density at radius 1 is 1.37 bits per heavy atom. The van der Waals surface area contributed by atoms with Gasteiger partial charge < -0.3 is 14.6 Å². The van der Waals surface area contributed by atoms with Crippen LogP contribution >= 0.6 is 0 Å². The first kappa shape index (κ1) is 15.5. The van der Waals surface area contributed by atoms with Gasteiger partial charge in [-0.1, -0.05) is 13.8 Å². The number of carbonyl (C=O) groups is 1. The van der Waals surface area contributed by atoms with Crippen LogP contribution in [0.4, 0.5) is 0 Å². The van der Waals surface area contributed by atoms with Crippen molar-refractivity contribution in [3.05, 3.63) is 29.3 Å². The monoisotopic (exact) mass is 266 g/mol. The third-order valence-electron chi connectivity index (χ3n) is 2.86. The molecule has 0 spiro atoms. The highest BCUT2D eigenvalue weighted by atomic mass is 16.5. The van der Waals surface area contributed by atoms with Crippen LogP contribution in [0.15, 0.2) is 18.2 Å². The van der Waals surface area contributed by atoms with Crippen molar-refractivity contribution in [2.24, 2.45) is 5.92 Å². The number of aromatic carboxylic acids is 1. The molecule has 106 valence electrons. The van der Waals surface area contributed by atoms with Crippen LogP contribution in [0.3, 0.4) is 0 Å². The molecule has 0 fully saturated rings. The lowest BCUT2D eigenvalue weighted by Gasteiger charge is -2.10. The number of carboxylic acid groups (broad SMARTS) is 1. The number of carboxylic acids is 1. The van der Waals surface area contributed by atoms with E-state index in [1.54, 1.807) is 19.2 Å². The summed E-state index contributed by atoms with van der Waals surface area (Å²) >= 11 is 0. The standard InChI is InChI=1S/C15H22O4/c1-11(2)5-4-8-19-10-13-9-12(15(16)17)6-7-14(13)18-3/h6-7,9,11H,4-5,8,10H2,1-3H3,(H,16,17). The molecule has 1 aromatic rings. The molecular formula is C15H22O4. The SMILES string of the molecule is COc1ccc(C(=O)O)cc1COCCCC(C)C. The van der Waals surface area contributed by atoms with E-state index in [1.807, 2.05) is 0 Å². The van der Waals surface area contributed by atoms with Crippen LogP contribution in [-0.2, 0) is 11.3 Å². The molecule has 0 aliphatic carbocycles. The second-order valence-electron chi connectivity index (χ2n) is 4.92. The summed E-state index contributed by atoms with van der Waals surface area (Å²) in [7, 11) is 1.57. The second-order valence-corrected chi connectivity index (χ2v) is 4.92. The van der Waals surface area contributed by atoms with E-state index >= 15 is 0 Å². The van der Waals surface area contributed by atoms with E-state index in [0.717, 1.165) is 18.4 Å². The van der Waals surface area contributed by atoms with Gasteiger partial charge in [0.15, 0.2) is 0 Å². The summed E-state index contributed by atoms with van der Waals surface area (Å²) in [4.78, 5) is 10.9. The molecule has 1 N–H and O–H groups in total. The number of ether oxygens (including phenoxy) is 2. The van der Waals surface area contributed by atoms with Crippen molar-refractivity contribution in [2.75, 3.05) is 13.7 Å². The van der Waals surface area contributed by atoms with Gasteiger partial charge in [-0.15, -0.1) is 0 Å². The zero-order chi connectivity index (χ0) is 14.3. The van der Waals surface area contributed by atoms with Crippen molar-refractivity contribution in [2.45, 2.75) is 33.3 Å². The highest BCUT2D eigenvalue weighted by molar-refractivity contribution is 5.88. The Labute approximate surface area is 114 Å². The van der Waals surface area contributed by atoms with Crippen molar-refractivity contribution in [1.29, 1.82) is 0 Å². The minimum absolute atomic E-state index is 0.251. The van der Waals surface area contributed by atoms with Crippen LogP contribution in [0.1, 0.15) is 42.6 Å². The molecule has 1 rings (SSSR count). The van der Waals surface area contributed by atoms with E-state index in [1.165, 1.54) is 6.07 Å². The molecule has 0 bridgehead atoms. The summed E-state index contributed by atoms with van der Waals surface area (Å²) in [6.07, 6.45) is 2.14. The predicted molar refractivity (Wildman–Crippen MR) is 73.7 cm³/mol. The van der Waals surface area contributed by atoms with E-state index < -0.39 is 5.97 Å². The molecule has 0 unspecified atom stereocenters. The van der Waals surface area contributed by atoms with Crippen LogP contribution in [0.25, 0.3) is 0 Å². The van der Waals surface area contributed by atoms with Gasteiger partial charge in [-0.05, 0) is 37.0 Å². The highest BCUT2D eigenvalue weighted by Gasteiger charge is 2.09. The van der Waals surface area contributed by atoms with Crippen LogP contribution in [0, 0.1) is 5.92 Å². The fourth-order valence-electron chi connectivity index (χ4n) is 1.80. The van der Waals surface area contributed by atoms with Crippen LogP contribution in [0.2, 0.25) is 0 Å². The van der Waals surface area contributed by atoms with Gasteiger partial charge in [-0.3, -0.25) is 0 Å². The van der Waals surface area contributed by atoms with Gasteiger partial charge in [0.2, 0.25) is 0 Å². The van der Waals surface area contributed by atoms with Crippen molar-refractivity contribution in [1.82, 2.24) is 0 Å². The van der Waals surface area contributed by atoms with Gasteiger partial charge in [-0.2, -0.15) is 0 Å². The average molecular weight is 266 g/mol. The van der Waals surface area contributed by atoms with E-state index in [2.05, 4.69) is 13.8 Å². The number of benzene rings is 1. The van der Waals surface area contributed by atoms with Gasteiger partial charge in [0.1, 0.15) is 5.75 Å². The topological polar surface area (TPSA) is 55.8 Å². The molecule has 0 radical (unpaired) electrons. The molecule has 1 aromatic carbocycles. The summed E-state index contributed by atoms with van der Waals surface area (Å²) in [5.41, 5.74) is 1.02. The maximum Gasteiger partial charge on any atom is 0.335 e. The predicted octanol–water partition coefficient (Wildman–Crippen LogP) is 3.35. The Balaban J connectivity index is 2.55. The molecule has 0 saturated carbocycles. The van der Waals surface area contributed by atoms with Gasteiger partial charge in [-0.25, -0.2) is 4.79 Å². The number of hydrogen-bond donors (Lipinski definition) is 1. The lowest BCUT2D eigenvalue weighted by Crippen LogP contribution is -2.03. The third-order valence-corrected chi connectivity index (χ3v) is 2.86. The number of hydrogen-bond acceptors (Lipinski definition) is 3. The minimum atomic E-state index is -0.941. The first-order valence-electron chi connectivity index (χ1n) is 6.52. The lowest BCUT2D eigenvalue weighted by atomic mass is 10.1. The first-order valence-corrected chi connectivity index (χ1v) is 6.52. The molecule has 19 heavy (non-hydrogen) atoms. The third kappa shape index (κ3) is 5.30. The fourth-order valence-corrected chi connectivity index (χ4v) is 1.80. The van der Waals surface area contributed by atoms with Gasteiger partial charge >= 0.3 is 5.97 Å². The van der Waals surface area contributed by atoms with Gasteiger partial charge in [0, 0.05) is 12.2 Å². The zero-order valence-corrected chi connectivity index (χ0v) is 11.8. The smallest absolute Gasteiger partial charge is 0.335 e. The summed E-state index contributed by atoms with van der Waals surface area (Å²) in [5.74, 6) is 0.394. The summed E-state index contributed by atoms with van der Waals surface area (Å²) in [6, 6.07) is 4.79. The van der Waals surface area contributed by atoms with Crippen LogP contribution in [-0.4, -0.2) is 24.8 Å². The highest BCUT2D eigenvalue weighted by Crippen LogP contribution is 2.21. The molecule has 0 saturated heterocycles. The Bertz CT molecular complexity index is 413. The molecule has 4 heteroatoms. The van der Waals surface area contributed by atoms with E-state index in [9.17, 15) is 4.79 Å². The molecule has 4 nitrogen and oxygen atoms in total. The summed E-state index contributed by atoms with van der Waals surface area (Å²) < 4.78 is 10.8. The second kappa shape index (κ2) is 7.79. The quantitative estimate of drug-likeness (QED) is 0.733. The molecule has 0 atom stereocenters. The lowest BCUT2D eigenvalue weighted by molar-refractivity contribution is 0.0696. The van der Waals surface area contributed by atoms with Crippen molar-refractivity contribution >= 4 is 5.97 Å². The Kier molecular flexibility index (Phi) is 6.36. The van der Waals surface area contributed by atoms with E-state index in [4.69, 9.17) is 14.6 Å². The normalized spacial score (nSPS) is 10.7. The number of methoxy groups -OCH3 is 1. The van der Waals surface area contributed by atoms with Gasteiger partial charge in [0.05, 0.1) is 19.3 Å². The van der Waals surface area contributed by atoms with Crippen LogP contribution < -0.4 is 4.74 Å². The fraction of sp³-hybridized carbons (Fsp3) is 0.533. The molecule has 0 aliphatic heterocycles. The van der Waals surface area contributed by atoms with E-state index in [0.29, 0.717) is 24.9 Å².